The van der Waals surface area contributed by atoms with Crippen LogP contribution in [0.25, 0.3) is 0 Å². The van der Waals surface area contributed by atoms with Crippen molar-refractivity contribution in [3.63, 3.8) is 0 Å². The van der Waals surface area contributed by atoms with Crippen LogP contribution in [0.5, 0.6) is 0 Å². The molecule has 0 spiro atoms. The Hall–Kier alpha value is -5.38. The number of rotatable bonds is 7. The van der Waals surface area contributed by atoms with Crippen molar-refractivity contribution >= 4 is 40.8 Å². The third-order valence-electron chi connectivity index (χ3n) is 7.45. The molecule has 2 fully saturated rings. The number of nitrogens with zero attached hydrogens (tertiary/aromatic N) is 6. The fraction of sp³-hybridized carbons (Fsp3) is 0.258. The summed E-state index contributed by atoms with van der Waals surface area (Å²) in [5.74, 6) is -4.95. The quantitative estimate of drug-likeness (QED) is 0.410. The zero-order valence-electron chi connectivity index (χ0n) is 22.9. The van der Waals surface area contributed by atoms with Crippen LogP contribution in [0.1, 0.15) is 54.0 Å². The molecule has 2 aliphatic rings. The van der Waals surface area contributed by atoms with Crippen LogP contribution in [0.2, 0.25) is 5.02 Å². The van der Waals surface area contributed by atoms with E-state index in [2.05, 4.69) is 10.3 Å². The minimum absolute atomic E-state index is 0.0107. The van der Waals surface area contributed by atoms with Crippen LogP contribution in [-0.4, -0.2) is 40.7 Å². The number of benzene rings is 2. The number of amides is 3. The molecule has 0 radical (unpaired) electrons. The van der Waals surface area contributed by atoms with Crippen molar-refractivity contribution in [1.82, 2.24) is 10.3 Å². The first kappa shape index (κ1) is 30.1. The molecule has 220 valence electrons. The molecule has 13 heteroatoms. The molecule has 1 aliphatic carbocycles. The summed E-state index contributed by atoms with van der Waals surface area (Å²) in [5.41, 5.74) is 0.340. The van der Waals surface area contributed by atoms with Crippen LogP contribution in [0.15, 0.2) is 60.8 Å². The molecule has 1 aliphatic heterocycles. The van der Waals surface area contributed by atoms with E-state index in [1.165, 1.54) is 48.7 Å². The van der Waals surface area contributed by atoms with Crippen LogP contribution < -0.4 is 15.1 Å². The minimum Gasteiger partial charge on any atom is -0.351 e. The summed E-state index contributed by atoms with van der Waals surface area (Å²) >= 11 is 6.54. The van der Waals surface area contributed by atoms with Gasteiger partial charge < -0.3 is 5.32 Å². The summed E-state index contributed by atoms with van der Waals surface area (Å²) in [6.07, 6.45) is 0.112. The maximum Gasteiger partial charge on any atom is 0.252 e. The van der Waals surface area contributed by atoms with Crippen LogP contribution in [0.3, 0.4) is 0 Å². The molecular weight excluding hydrogens is 592 g/mol. The Labute approximate surface area is 255 Å². The average molecular weight is 614 g/mol. The highest BCUT2D eigenvalue weighted by Gasteiger charge is 2.48. The van der Waals surface area contributed by atoms with E-state index in [1.54, 1.807) is 12.1 Å². The van der Waals surface area contributed by atoms with Gasteiger partial charge in [-0.1, -0.05) is 29.8 Å². The van der Waals surface area contributed by atoms with Crippen LogP contribution >= 0.6 is 11.6 Å². The van der Waals surface area contributed by atoms with Gasteiger partial charge in [0.2, 0.25) is 11.8 Å². The molecule has 2 heterocycles. The number of hydrogen-bond acceptors (Lipinski definition) is 7. The predicted octanol–water partition coefficient (Wildman–Crippen LogP) is 4.53. The molecule has 1 N–H and O–H groups in total. The molecule has 1 saturated carbocycles. The molecule has 0 bridgehead atoms. The SMILES string of the molecule is N#Cc1cc(C#N)cc(N(C(=O)[C@@H]2CCC(=O)N2c2cc(C#N)ccn2)[C@H](C(=O)NC2CC(F)(F)C2)c2ccccc2Cl)c1. The van der Waals surface area contributed by atoms with E-state index in [0.717, 1.165) is 9.80 Å². The lowest BCUT2D eigenvalue weighted by Crippen LogP contribution is -2.56. The number of aromatic nitrogens is 1. The highest BCUT2D eigenvalue weighted by Crippen LogP contribution is 2.40. The maximum atomic E-state index is 14.7. The Morgan fingerprint density at radius 2 is 1.68 bits per heavy atom. The largest absolute Gasteiger partial charge is 0.351 e. The number of carbonyl (C=O) groups excluding carboxylic acids is 3. The molecule has 1 saturated heterocycles. The lowest BCUT2D eigenvalue weighted by atomic mass is 9.87. The molecule has 2 atom stereocenters. The van der Waals surface area contributed by atoms with Gasteiger partial charge in [0.05, 0.1) is 34.9 Å². The Balaban J connectivity index is 1.67. The normalized spacial score (nSPS) is 17.9. The topological polar surface area (TPSA) is 154 Å². The number of pyridine rings is 1. The molecule has 3 aromatic rings. The van der Waals surface area contributed by atoms with Crippen LogP contribution in [-0.2, 0) is 14.4 Å². The Bertz CT molecular complexity index is 1760. The first-order valence-corrected chi connectivity index (χ1v) is 13.8. The van der Waals surface area contributed by atoms with Crippen molar-refractivity contribution in [3.05, 3.63) is 88.1 Å². The summed E-state index contributed by atoms with van der Waals surface area (Å²) in [6, 6.07) is 15.1. The number of halogens is 3. The molecule has 1 aromatic heterocycles. The van der Waals surface area contributed by atoms with E-state index in [4.69, 9.17) is 11.6 Å². The molecule has 44 heavy (non-hydrogen) atoms. The monoisotopic (exact) mass is 613 g/mol. The second-order valence-corrected chi connectivity index (χ2v) is 10.8. The van der Waals surface area contributed by atoms with Crippen molar-refractivity contribution < 1.29 is 23.2 Å². The van der Waals surface area contributed by atoms with Gasteiger partial charge in [0, 0.05) is 47.8 Å². The molecule has 10 nitrogen and oxygen atoms in total. The van der Waals surface area contributed by atoms with Crippen LogP contribution in [0.4, 0.5) is 20.3 Å². The van der Waals surface area contributed by atoms with E-state index in [1.807, 2.05) is 18.2 Å². The Morgan fingerprint density at radius 3 is 2.30 bits per heavy atom. The summed E-state index contributed by atoms with van der Waals surface area (Å²) in [4.78, 5) is 48.1. The first-order valence-electron chi connectivity index (χ1n) is 13.4. The molecule has 3 amide bonds. The van der Waals surface area contributed by atoms with Gasteiger partial charge in [-0.2, -0.15) is 15.8 Å². The number of nitrogens with one attached hydrogen (secondary N) is 1. The van der Waals surface area contributed by atoms with E-state index in [9.17, 15) is 39.0 Å². The number of anilines is 2. The standard InChI is InChI=1S/C31H22ClF2N7O3/c32-24-4-2-1-3-23(24)28(29(43)39-21-13-31(33,34)14-21)40(22-10-19(16-36)9-20(11-22)17-37)30(44)25-5-6-27(42)41(25)26-12-18(15-35)7-8-38-26/h1-4,7-12,21,25,28H,5-6,13-14H2,(H,39,43)/t25-,28-/m0/s1. The van der Waals surface area contributed by atoms with E-state index < -0.39 is 54.6 Å². The minimum atomic E-state index is -2.94. The average Bonchev–Trinajstić information content (AvgIpc) is 3.39. The number of nitriles is 3. The first-order chi connectivity index (χ1) is 21.0. The lowest BCUT2D eigenvalue weighted by Gasteiger charge is -2.39. The Morgan fingerprint density at radius 1 is 1.02 bits per heavy atom. The van der Waals surface area contributed by atoms with Crippen molar-refractivity contribution in [2.24, 2.45) is 0 Å². The fourth-order valence-electron chi connectivity index (χ4n) is 5.41. The van der Waals surface area contributed by atoms with Gasteiger partial charge in [0.15, 0.2) is 0 Å². The van der Waals surface area contributed by atoms with Crippen molar-refractivity contribution in [3.8, 4) is 18.2 Å². The highest BCUT2D eigenvalue weighted by atomic mass is 35.5. The van der Waals surface area contributed by atoms with E-state index in [0.29, 0.717) is 0 Å². The second-order valence-electron chi connectivity index (χ2n) is 10.4. The zero-order chi connectivity index (χ0) is 31.6. The molecule has 5 rings (SSSR count). The van der Waals surface area contributed by atoms with Gasteiger partial charge in [-0.05, 0) is 42.8 Å². The Kier molecular flexibility index (Phi) is 8.26. The number of carbonyl (C=O) groups is 3. The van der Waals surface area contributed by atoms with E-state index in [-0.39, 0.29) is 51.6 Å². The summed E-state index contributed by atoms with van der Waals surface area (Å²) < 4.78 is 27.4. The number of alkyl halides is 2. The summed E-state index contributed by atoms with van der Waals surface area (Å²) in [7, 11) is 0. The maximum absolute atomic E-state index is 14.7. The summed E-state index contributed by atoms with van der Waals surface area (Å²) in [5, 5.41) is 31.4. The lowest BCUT2D eigenvalue weighted by molar-refractivity contribution is -0.133. The third-order valence-corrected chi connectivity index (χ3v) is 7.80. The molecule has 2 aromatic carbocycles. The van der Waals surface area contributed by atoms with Gasteiger partial charge in [0.1, 0.15) is 17.9 Å². The van der Waals surface area contributed by atoms with E-state index >= 15 is 0 Å². The van der Waals surface area contributed by atoms with Gasteiger partial charge in [-0.3, -0.25) is 24.2 Å². The highest BCUT2D eigenvalue weighted by molar-refractivity contribution is 6.31. The van der Waals surface area contributed by atoms with Gasteiger partial charge in [0.25, 0.3) is 11.8 Å². The zero-order valence-corrected chi connectivity index (χ0v) is 23.6. The predicted molar refractivity (Wildman–Crippen MR) is 153 cm³/mol. The van der Waals surface area contributed by atoms with Crippen molar-refractivity contribution in [2.45, 2.75) is 49.7 Å². The van der Waals surface area contributed by atoms with Gasteiger partial charge >= 0.3 is 0 Å². The van der Waals surface area contributed by atoms with Gasteiger partial charge in [-0.15, -0.1) is 0 Å². The fourth-order valence-corrected chi connectivity index (χ4v) is 5.64. The van der Waals surface area contributed by atoms with Crippen molar-refractivity contribution in [1.29, 1.82) is 15.8 Å². The number of hydrogen-bond donors (Lipinski definition) is 1. The van der Waals surface area contributed by atoms with Gasteiger partial charge in [-0.25, -0.2) is 13.8 Å². The van der Waals surface area contributed by atoms with Crippen LogP contribution in [0, 0.1) is 34.0 Å². The summed E-state index contributed by atoms with van der Waals surface area (Å²) in [6.45, 7) is 0. The molecular formula is C31H22ClF2N7O3. The third kappa shape index (κ3) is 5.92. The molecule has 0 unspecified atom stereocenters. The second kappa shape index (κ2) is 12.1. The van der Waals surface area contributed by atoms with Crippen molar-refractivity contribution in [2.75, 3.05) is 9.80 Å². The smallest absolute Gasteiger partial charge is 0.252 e.